The molecule has 0 aliphatic heterocycles. The summed E-state index contributed by atoms with van der Waals surface area (Å²) in [6.07, 6.45) is 0. The number of phenolic OH excluding ortho intramolecular Hbond substituents is 1. The highest BCUT2D eigenvalue weighted by Gasteiger charge is 2.18. The van der Waals surface area contributed by atoms with Gasteiger partial charge < -0.3 is 20.3 Å². The molecule has 0 saturated carbocycles. The van der Waals surface area contributed by atoms with E-state index in [9.17, 15) is 9.90 Å². The van der Waals surface area contributed by atoms with E-state index in [4.69, 9.17) is 9.84 Å². The lowest BCUT2D eigenvalue weighted by Crippen LogP contribution is -2.41. The number of benzene rings is 1. The van der Waals surface area contributed by atoms with Crippen molar-refractivity contribution in [2.75, 3.05) is 13.7 Å². The standard InChI is InChI=1S/C13H19NO4/c1-8(2)11(7-15)14-13(17)10-5-4-9(18-3)6-12(10)16/h4-6,8,11,15-16H,7H2,1-3H3,(H,14,17). The molecule has 0 aromatic heterocycles. The lowest BCUT2D eigenvalue weighted by Gasteiger charge is -2.20. The van der Waals surface area contributed by atoms with E-state index in [1.807, 2.05) is 13.8 Å². The SMILES string of the molecule is COc1ccc(C(=O)NC(CO)C(C)C)c(O)c1. The van der Waals surface area contributed by atoms with Crippen LogP contribution in [-0.4, -0.2) is 35.9 Å². The van der Waals surface area contributed by atoms with E-state index in [1.54, 1.807) is 6.07 Å². The van der Waals surface area contributed by atoms with Crippen LogP contribution < -0.4 is 10.1 Å². The van der Waals surface area contributed by atoms with Crippen molar-refractivity contribution in [3.63, 3.8) is 0 Å². The lowest BCUT2D eigenvalue weighted by atomic mass is 10.0. The molecule has 18 heavy (non-hydrogen) atoms. The second kappa shape index (κ2) is 6.26. The second-order valence-corrected chi connectivity index (χ2v) is 4.39. The smallest absolute Gasteiger partial charge is 0.255 e. The molecule has 0 saturated heterocycles. The first kappa shape index (κ1) is 14.3. The number of aliphatic hydroxyl groups is 1. The average Bonchev–Trinajstić information content (AvgIpc) is 2.34. The van der Waals surface area contributed by atoms with E-state index in [2.05, 4.69) is 5.32 Å². The molecule has 0 radical (unpaired) electrons. The van der Waals surface area contributed by atoms with E-state index in [0.29, 0.717) is 5.75 Å². The van der Waals surface area contributed by atoms with E-state index in [-0.39, 0.29) is 29.9 Å². The molecule has 0 bridgehead atoms. The third-order valence-corrected chi connectivity index (χ3v) is 2.77. The summed E-state index contributed by atoms with van der Waals surface area (Å²) in [4.78, 5) is 11.9. The minimum absolute atomic E-state index is 0.111. The number of nitrogens with one attached hydrogen (secondary N) is 1. The van der Waals surface area contributed by atoms with Crippen molar-refractivity contribution in [3.8, 4) is 11.5 Å². The van der Waals surface area contributed by atoms with Crippen LogP contribution in [0.25, 0.3) is 0 Å². The number of aromatic hydroxyl groups is 1. The van der Waals surface area contributed by atoms with Gasteiger partial charge in [-0.15, -0.1) is 0 Å². The van der Waals surface area contributed by atoms with Crippen molar-refractivity contribution >= 4 is 5.91 Å². The summed E-state index contributed by atoms with van der Waals surface area (Å²) >= 11 is 0. The fraction of sp³-hybridized carbons (Fsp3) is 0.462. The van der Waals surface area contributed by atoms with Crippen LogP contribution >= 0.6 is 0 Å². The fourth-order valence-corrected chi connectivity index (χ4v) is 1.50. The third-order valence-electron chi connectivity index (χ3n) is 2.77. The Balaban J connectivity index is 2.84. The summed E-state index contributed by atoms with van der Waals surface area (Å²) < 4.78 is 4.94. The highest BCUT2D eigenvalue weighted by molar-refractivity contribution is 5.97. The largest absolute Gasteiger partial charge is 0.507 e. The predicted octanol–water partition coefficient (Wildman–Crippen LogP) is 1.15. The first-order valence-electron chi connectivity index (χ1n) is 5.78. The number of phenols is 1. The van der Waals surface area contributed by atoms with Gasteiger partial charge in [-0.3, -0.25) is 4.79 Å². The molecule has 1 unspecified atom stereocenters. The second-order valence-electron chi connectivity index (χ2n) is 4.39. The maximum Gasteiger partial charge on any atom is 0.255 e. The average molecular weight is 253 g/mol. The quantitative estimate of drug-likeness (QED) is 0.735. The Labute approximate surface area is 106 Å². The van der Waals surface area contributed by atoms with Crippen molar-refractivity contribution in [1.29, 1.82) is 0 Å². The molecule has 1 amide bonds. The summed E-state index contributed by atoms with van der Waals surface area (Å²) in [5.74, 6) is 0.0288. The molecule has 1 aromatic rings. The number of aliphatic hydroxyl groups excluding tert-OH is 1. The van der Waals surface area contributed by atoms with Gasteiger partial charge in [0.15, 0.2) is 0 Å². The van der Waals surface area contributed by atoms with Gasteiger partial charge >= 0.3 is 0 Å². The van der Waals surface area contributed by atoms with Gasteiger partial charge in [0.2, 0.25) is 0 Å². The van der Waals surface area contributed by atoms with Crippen LogP contribution in [0.15, 0.2) is 18.2 Å². The van der Waals surface area contributed by atoms with E-state index in [0.717, 1.165) is 0 Å². The monoisotopic (exact) mass is 253 g/mol. The first-order valence-corrected chi connectivity index (χ1v) is 5.78. The van der Waals surface area contributed by atoms with Crippen LogP contribution in [0.2, 0.25) is 0 Å². The molecule has 3 N–H and O–H groups in total. The molecule has 1 aromatic carbocycles. The number of ether oxygens (including phenoxy) is 1. The Hall–Kier alpha value is -1.75. The van der Waals surface area contributed by atoms with Crippen LogP contribution in [0.4, 0.5) is 0 Å². The van der Waals surface area contributed by atoms with E-state index in [1.165, 1.54) is 19.2 Å². The van der Waals surface area contributed by atoms with Crippen LogP contribution in [0.5, 0.6) is 11.5 Å². The Kier molecular flexibility index (Phi) is 4.97. The third kappa shape index (κ3) is 3.37. The molecule has 0 fully saturated rings. The van der Waals surface area contributed by atoms with Crippen molar-refractivity contribution in [1.82, 2.24) is 5.32 Å². The molecule has 0 heterocycles. The topological polar surface area (TPSA) is 78.8 Å². The normalized spacial score (nSPS) is 12.3. The lowest BCUT2D eigenvalue weighted by molar-refractivity contribution is 0.0894. The maximum absolute atomic E-state index is 11.9. The molecule has 1 atom stereocenters. The zero-order chi connectivity index (χ0) is 13.7. The Morgan fingerprint density at radius 3 is 2.56 bits per heavy atom. The summed E-state index contributed by atoms with van der Waals surface area (Å²) in [6, 6.07) is 4.12. The number of hydrogen-bond donors (Lipinski definition) is 3. The zero-order valence-electron chi connectivity index (χ0n) is 10.8. The number of carbonyl (C=O) groups excluding carboxylic acids is 1. The van der Waals surface area contributed by atoms with Crippen molar-refractivity contribution < 1.29 is 19.7 Å². The predicted molar refractivity (Wildman–Crippen MR) is 67.8 cm³/mol. The molecule has 1 rings (SSSR count). The van der Waals surface area contributed by atoms with Gasteiger partial charge in [-0.2, -0.15) is 0 Å². The molecule has 0 spiro atoms. The minimum atomic E-state index is -0.414. The summed E-state index contributed by atoms with van der Waals surface area (Å²) in [7, 11) is 1.48. The Morgan fingerprint density at radius 1 is 1.44 bits per heavy atom. The van der Waals surface area contributed by atoms with Gasteiger partial charge in [0, 0.05) is 6.07 Å². The van der Waals surface area contributed by atoms with Crippen LogP contribution in [-0.2, 0) is 0 Å². The number of methoxy groups -OCH3 is 1. The minimum Gasteiger partial charge on any atom is -0.507 e. The van der Waals surface area contributed by atoms with E-state index < -0.39 is 5.91 Å². The van der Waals surface area contributed by atoms with Gasteiger partial charge in [0.25, 0.3) is 5.91 Å². The molecular formula is C13H19NO4. The van der Waals surface area contributed by atoms with Crippen molar-refractivity contribution in [3.05, 3.63) is 23.8 Å². The fourth-order valence-electron chi connectivity index (χ4n) is 1.50. The van der Waals surface area contributed by atoms with Crippen LogP contribution in [0.1, 0.15) is 24.2 Å². The summed E-state index contributed by atoms with van der Waals surface area (Å²) in [6.45, 7) is 3.66. The van der Waals surface area contributed by atoms with Gasteiger partial charge in [0.05, 0.1) is 25.3 Å². The highest BCUT2D eigenvalue weighted by atomic mass is 16.5. The molecule has 100 valence electrons. The Morgan fingerprint density at radius 2 is 2.11 bits per heavy atom. The van der Waals surface area contributed by atoms with Crippen LogP contribution in [0, 0.1) is 5.92 Å². The number of carbonyl (C=O) groups is 1. The number of amides is 1. The molecule has 5 heteroatoms. The highest BCUT2D eigenvalue weighted by Crippen LogP contribution is 2.23. The molecular weight excluding hydrogens is 234 g/mol. The van der Waals surface area contributed by atoms with Crippen molar-refractivity contribution in [2.45, 2.75) is 19.9 Å². The number of hydrogen-bond acceptors (Lipinski definition) is 4. The zero-order valence-corrected chi connectivity index (χ0v) is 10.8. The van der Waals surface area contributed by atoms with Gasteiger partial charge in [-0.05, 0) is 18.1 Å². The summed E-state index contributed by atoms with van der Waals surface area (Å²) in [5, 5.41) is 21.5. The van der Waals surface area contributed by atoms with Gasteiger partial charge in [-0.25, -0.2) is 0 Å². The maximum atomic E-state index is 11.9. The van der Waals surface area contributed by atoms with Crippen LogP contribution in [0.3, 0.4) is 0 Å². The molecule has 0 aliphatic rings. The summed E-state index contributed by atoms with van der Waals surface area (Å²) in [5.41, 5.74) is 0.162. The Bertz CT molecular complexity index is 417. The van der Waals surface area contributed by atoms with Crippen molar-refractivity contribution in [2.24, 2.45) is 5.92 Å². The molecule has 0 aliphatic carbocycles. The van der Waals surface area contributed by atoms with Gasteiger partial charge in [-0.1, -0.05) is 13.8 Å². The first-order chi connectivity index (χ1) is 8.49. The molecule has 5 nitrogen and oxygen atoms in total. The van der Waals surface area contributed by atoms with E-state index >= 15 is 0 Å². The number of rotatable bonds is 5. The van der Waals surface area contributed by atoms with Gasteiger partial charge in [0.1, 0.15) is 11.5 Å².